The van der Waals surface area contributed by atoms with Crippen molar-refractivity contribution in [3.8, 4) is 5.75 Å². The SMILES string of the molecule is CCCCCC(C=CI)OC(Cc1ccc(OC)cc1)(c1ccccc1)c1ccccc1. The van der Waals surface area contributed by atoms with Gasteiger partial charge in [0.15, 0.2) is 0 Å². The Morgan fingerprint density at radius 2 is 1.44 bits per heavy atom. The standard InChI is InChI=1S/C29H33IO2/c1-3-4-7-16-28(21-22-30)32-29(25-12-8-5-9-13-25,26-14-10-6-11-15-26)23-24-17-19-27(31-2)20-18-24/h5-6,8-15,17-22,28H,3-4,7,16,23H2,1-2H3. The van der Waals surface area contributed by atoms with Gasteiger partial charge in [0, 0.05) is 6.42 Å². The van der Waals surface area contributed by atoms with Crippen LogP contribution in [0, 0.1) is 0 Å². The first-order valence-electron chi connectivity index (χ1n) is 11.4. The second-order valence-electron chi connectivity index (χ2n) is 8.05. The van der Waals surface area contributed by atoms with Gasteiger partial charge in [0.05, 0.1) is 13.2 Å². The molecule has 0 aliphatic carbocycles. The van der Waals surface area contributed by atoms with Crippen molar-refractivity contribution in [3.05, 3.63) is 112 Å². The van der Waals surface area contributed by atoms with Crippen LogP contribution < -0.4 is 4.74 Å². The van der Waals surface area contributed by atoms with Crippen molar-refractivity contribution in [3.63, 3.8) is 0 Å². The fraction of sp³-hybridized carbons (Fsp3) is 0.310. The molecule has 0 saturated carbocycles. The minimum atomic E-state index is -0.593. The molecule has 168 valence electrons. The number of hydrogen-bond donors (Lipinski definition) is 0. The second kappa shape index (κ2) is 12.8. The van der Waals surface area contributed by atoms with Crippen LogP contribution in [0.2, 0.25) is 0 Å². The third-order valence-corrected chi connectivity index (χ3v) is 6.24. The molecule has 3 rings (SSSR count). The summed E-state index contributed by atoms with van der Waals surface area (Å²) in [4.78, 5) is 0. The lowest BCUT2D eigenvalue weighted by molar-refractivity contribution is -0.0558. The first kappa shape index (κ1) is 24.5. The number of unbranched alkanes of at least 4 members (excludes halogenated alkanes) is 2. The highest BCUT2D eigenvalue weighted by Crippen LogP contribution is 2.39. The molecule has 2 nitrogen and oxygen atoms in total. The molecule has 0 aromatic heterocycles. The molecule has 3 aromatic carbocycles. The maximum absolute atomic E-state index is 7.13. The van der Waals surface area contributed by atoms with Gasteiger partial charge in [0.25, 0.3) is 0 Å². The highest BCUT2D eigenvalue weighted by Gasteiger charge is 2.37. The number of ether oxygens (including phenoxy) is 2. The van der Waals surface area contributed by atoms with Crippen molar-refractivity contribution >= 4 is 22.6 Å². The zero-order valence-corrected chi connectivity index (χ0v) is 21.2. The number of hydrogen-bond acceptors (Lipinski definition) is 2. The fourth-order valence-corrected chi connectivity index (χ4v) is 4.59. The largest absolute Gasteiger partial charge is 0.497 e. The van der Waals surface area contributed by atoms with Gasteiger partial charge in [0.2, 0.25) is 0 Å². The van der Waals surface area contributed by atoms with Crippen LogP contribution in [-0.4, -0.2) is 13.2 Å². The van der Waals surface area contributed by atoms with Gasteiger partial charge in [-0.05, 0) is 45.4 Å². The smallest absolute Gasteiger partial charge is 0.123 e. The van der Waals surface area contributed by atoms with Crippen LogP contribution in [0.25, 0.3) is 0 Å². The summed E-state index contributed by atoms with van der Waals surface area (Å²) in [5.41, 5.74) is 2.96. The molecule has 0 N–H and O–H groups in total. The average Bonchev–Trinajstić information content (AvgIpc) is 2.85. The lowest BCUT2D eigenvalue weighted by atomic mass is 9.80. The highest BCUT2D eigenvalue weighted by molar-refractivity contribution is 14.1. The van der Waals surface area contributed by atoms with E-state index in [1.165, 1.54) is 29.5 Å². The molecule has 0 aliphatic heterocycles. The van der Waals surface area contributed by atoms with Gasteiger partial charge in [0.1, 0.15) is 11.4 Å². The predicted molar refractivity (Wildman–Crippen MR) is 143 cm³/mol. The molecule has 0 fully saturated rings. The lowest BCUT2D eigenvalue weighted by Crippen LogP contribution is -2.37. The maximum Gasteiger partial charge on any atom is 0.123 e. The van der Waals surface area contributed by atoms with E-state index in [1.54, 1.807) is 7.11 Å². The Morgan fingerprint density at radius 1 is 0.844 bits per heavy atom. The molecule has 0 bridgehead atoms. The molecule has 0 radical (unpaired) electrons. The molecule has 0 spiro atoms. The lowest BCUT2D eigenvalue weighted by Gasteiger charge is -2.38. The van der Waals surface area contributed by atoms with Gasteiger partial charge in [-0.3, -0.25) is 0 Å². The predicted octanol–water partition coefficient (Wildman–Crippen LogP) is 8.10. The Labute approximate surface area is 206 Å². The van der Waals surface area contributed by atoms with E-state index < -0.39 is 5.60 Å². The van der Waals surface area contributed by atoms with Crippen molar-refractivity contribution in [2.45, 2.75) is 50.7 Å². The molecule has 0 amide bonds. The quantitative estimate of drug-likeness (QED) is 0.171. The monoisotopic (exact) mass is 540 g/mol. The molecule has 0 heterocycles. The summed E-state index contributed by atoms with van der Waals surface area (Å²) in [5.74, 6) is 0.866. The van der Waals surface area contributed by atoms with E-state index in [4.69, 9.17) is 9.47 Å². The highest BCUT2D eigenvalue weighted by atomic mass is 127. The summed E-state index contributed by atoms with van der Waals surface area (Å²) in [6, 6.07) is 29.6. The van der Waals surface area contributed by atoms with Crippen molar-refractivity contribution < 1.29 is 9.47 Å². The van der Waals surface area contributed by atoms with Crippen molar-refractivity contribution in [1.82, 2.24) is 0 Å². The number of halogens is 1. The van der Waals surface area contributed by atoms with Crippen molar-refractivity contribution in [2.24, 2.45) is 0 Å². The van der Waals surface area contributed by atoms with Gasteiger partial charge in [-0.2, -0.15) is 0 Å². The Balaban J connectivity index is 2.09. The topological polar surface area (TPSA) is 18.5 Å². The van der Waals surface area contributed by atoms with Crippen LogP contribution in [0.1, 0.15) is 49.3 Å². The number of rotatable bonds is 12. The van der Waals surface area contributed by atoms with E-state index in [0.29, 0.717) is 0 Å². The molecule has 32 heavy (non-hydrogen) atoms. The first-order chi connectivity index (χ1) is 15.7. The van der Waals surface area contributed by atoms with E-state index in [0.717, 1.165) is 25.0 Å². The Bertz CT molecular complexity index is 896. The zero-order valence-electron chi connectivity index (χ0n) is 19.0. The maximum atomic E-state index is 7.13. The van der Waals surface area contributed by atoms with E-state index in [2.05, 4.69) is 112 Å². The molecular weight excluding hydrogens is 507 g/mol. The molecule has 3 aromatic rings. The average molecular weight is 540 g/mol. The summed E-state index contributed by atoms with van der Waals surface area (Å²) in [5, 5.41) is 0. The van der Waals surface area contributed by atoms with E-state index in [-0.39, 0.29) is 6.10 Å². The van der Waals surface area contributed by atoms with Crippen LogP contribution >= 0.6 is 22.6 Å². The molecule has 0 aliphatic rings. The zero-order chi connectivity index (χ0) is 22.7. The van der Waals surface area contributed by atoms with Crippen molar-refractivity contribution in [1.29, 1.82) is 0 Å². The van der Waals surface area contributed by atoms with Crippen LogP contribution in [0.4, 0.5) is 0 Å². The summed E-state index contributed by atoms with van der Waals surface area (Å²) in [6.45, 7) is 2.24. The fourth-order valence-electron chi connectivity index (χ4n) is 4.12. The molecule has 0 saturated heterocycles. The number of methoxy groups -OCH3 is 1. The summed E-state index contributed by atoms with van der Waals surface area (Å²) >= 11 is 2.30. The van der Waals surface area contributed by atoms with E-state index in [9.17, 15) is 0 Å². The van der Waals surface area contributed by atoms with Gasteiger partial charge in [-0.15, -0.1) is 0 Å². The number of benzene rings is 3. The molecular formula is C29H33IO2. The first-order valence-corrected chi connectivity index (χ1v) is 12.6. The van der Waals surface area contributed by atoms with Crippen LogP contribution in [0.5, 0.6) is 5.75 Å². The van der Waals surface area contributed by atoms with Gasteiger partial charge in [-0.25, -0.2) is 0 Å². The van der Waals surface area contributed by atoms with Gasteiger partial charge in [-0.1, -0.05) is 122 Å². The Kier molecular flexibility index (Phi) is 9.82. The van der Waals surface area contributed by atoms with E-state index in [1.807, 2.05) is 12.1 Å². The van der Waals surface area contributed by atoms with Crippen molar-refractivity contribution in [2.75, 3.05) is 7.11 Å². The molecule has 1 atom stereocenters. The molecule has 3 heteroatoms. The minimum Gasteiger partial charge on any atom is -0.497 e. The molecule has 1 unspecified atom stereocenters. The normalized spacial score (nSPS) is 12.7. The van der Waals surface area contributed by atoms with Crippen LogP contribution in [0.15, 0.2) is 95.1 Å². The van der Waals surface area contributed by atoms with Crippen LogP contribution in [-0.2, 0) is 16.8 Å². The third-order valence-electron chi connectivity index (χ3n) is 5.82. The Hall–Kier alpha value is -2.11. The summed E-state index contributed by atoms with van der Waals surface area (Å²) in [6.07, 6.45) is 7.57. The Morgan fingerprint density at radius 3 is 1.94 bits per heavy atom. The van der Waals surface area contributed by atoms with Gasteiger partial charge < -0.3 is 9.47 Å². The summed E-state index contributed by atoms with van der Waals surface area (Å²) < 4.78 is 14.6. The summed E-state index contributed by atoms with van der Waals surface area (Å²) in [7, 11) is 1.70. The van der Waals surface area contributed by atoms with Crippen LogP contribution in [0.3, 0.4) is 0 Å². The third kappa shape index (κ3) is 6.46. The van der Waals surface area contributed by atoms with E-state index >= 15 is 0 Å². The van der Waals surface area contributed by atoms with Gasteiger partial charge >= 0.3 is 0 Å². The minimum absolute atomic E-state index is 0.0390. The second-order valence-corrected chi connectivity index (χ2v) is 8.77.